The van der Waals surface area contributed by atoms with Crippen LogP contribution >= 0.6 is 11.3 Å². The summed E-state index contributed by atoms with van der Waals surface area (Å²) in [5.41, 5.74) is 5.94. The fraction of sp³-hybridized carbons (Fsp3) is 0.625. The summed E-state index contributed by atoms with van der Waals surface area (Å²) in [5.74, 6) is 0. The molecule has 1 aromatic heterocycles. The van der Waals surface area contributed by atoms with Crippen LogP contribution in [0.3, 0.4) is 0 Å². The van der Waals surface area contributed by atoms with Crippen LogP contribution in [-0.4, -0.2) is 25.5 Å². The predicted molar refractivity (Wildman–Crippen MR) is 54.1 cm³/mol. The van der Waals surface area contributed by atoms with Crippen molar-refractivity contribution in [2.24, 2.45) is 5.73 Å². The number of anilines is 1. The zero-order valence-corrected chi connectivity index (χ0v) is 9.11. The monoisotopic (exact) mass is 221 g/mol. The Bertz CT molecular complexity index is 312. The van der Waals surface area contributed by atoms with E-state index in [0.717, 1.165) is 0 Å². The molecule has 80 valence electrons. The summed E-state index contributed by atoms with van der Waals surface area (Å²) in [6, 6.07) is -1.22. The Morgan fingerprint density at radius 3 is 2.36 bits per heavy atom. The molecule has 0 fully saturated rings. The number of aryl methyl sites for hydroxylation is 1. The van der Waals surface area contributed by atoms with E-state index in [-0.39, 0.29) is 0 Å². The van der Waals surface area contributed by atoms with Gasteiger partial charge in [0.15, 0.2) is 5.13 Å². The van der Waals surface area contributed by atoms with Gasteiger partial charge in [0.25, 0.3) is 6.43 Å². The summed E-state index contributed by atoms with van der Waals surface area (Å²) in [5, 5.41) is 0.702. The quantitative estimate of drug-likeness (QED) is 0.846. The van der Waals surface area contributed by atoms with Gasteiger partial charge >= 0.3 is 0 Å². The van der Waals surface area contributed by atoms with Crippen molar-refractivity contribution in [1.82, 2.24) is 4.98 Å². The number of aromatic nitrogens is 1. The SMILES string of the molecule is Cc1nc(N(C)C)sc1C(N)C(F)F. The number of halogens is 2. The second-order valence-corrected chi connectivity index (χ2v) is 4.21. The molecule has 0 radical (unpaired) electrons. The molecule has 1 unspecified atom stereocenters. The fourth-order valence-electron chi connectivity index (χ4n) is 1.01. The number of thiazole rings is 1. The molecule has 1 atom stereocenters. The van der Waals surface area contributed by atoms with Gasteiger partial charge in [-0.1, -0.05) is 11.3 Å². The lowest BCUT2D eigenvalue weighted by Crippen LogP contribution is -2.18. The third-order valence-corrected chi connectivity index (χ3v) is 3.20. The van der Waals surface area contributed by atoms with Crippen molar-refractivity contribution in [1.29, 1.82) is 0 Å². The van der Waals surface area contributed by atoms with E-state index in [0.29, 0.717) is 15.7 Å². The maximum Gasteiger partial charge on any atom is 0.258 e. The molecule has 14 heavy (non-hydrogen) atoms. The number of alkyl halides is 2. The first kappa shape index (κ1) is 11.3. The Morgan fingerprint density at radius 1 is 1.43 bits per heavy atom. The Morgan fingerprint density at radius 2 is 2.00 bits per heavy atom. The lowest BCUT2D eigenvalue weighted by Gasteiger charge is -2.08. The molecular weight excluding hydrogens is 208 g/mol. The predicted octanol–water partition coefficient (Wildman–Crippen LogP) is 1.78. The van der Waals surface area contributed by atoms with E-state index in [1.165, 1.54) is 11.3 Å². The maximum atomic E-state index is 12.3. The van der Waals surface area contributed by atoms with Crippen molar-refractivity contribution < 1.29 is 8.78 Å². The highest BCUT2D eigenvalue weighted by Crippen LogP contribution is 2.31. The van der Waals surface area contributed by atoms with Gasteiger partial charge in [0.05, 0.1) is 10.6 Å². The van der Waals surface area contributed by atoms with Crippen molar-refractivity contribution in [2.75, 3.05) is 19.0 Å². The van der Waals surface area contributed by atoms with Crippen molar-refractivity contribution >= 4 is 16.5 Å². The Kier molecular flexibility index (Phi) is 3.38. The zero-order chi connectivity index (χ0) is 10.9. The number of hydrogen-bond donors (Lipinski definition) is 1. The third kappa shape index (κ3) is 2.19. The summed E-state index contributed by atoms with van der Waals surface area (Å²) in [4.78, 5) is 6.38. The molecule has 0 aromatic carbocycles. The lowest BCUT2D eigenvalue weighted by molar-refractivity contribution is 0.117. The van der Waals surface area contributed by atoms with Gasteiger partial charge in [0.2, 0.25) is 0 Å². The second-order valence-electron chi connectivity index (χ2n) is 3.20. The highest BCUT2D eigenvalue weighted by Gasteiger charge is 2.23. The summed E-state index contributed by atoms with van der Waals surface area (Å²) in [6.07, 6.45) is -2.54. The molecule has 3 nitrogen and oxygen atoms in total. The third-order valence-electron chi connectivity index (χ3n) is 1.78. The van der Waals surface area contributed by atoms with E-state index in [1.807, 2.05) is 14.1 Å². The summed E-state index contributed by atoms with van der Waals surface area (Å²) < 4.78 is 24.7. The van der Waals surface area contributed by atoms with Gasteiger partial charge in [-0.25, -0.2) is 13.8 Å². The number of nitrogens with zero attached hydrogens (tertiary/aromatic N) is 2. The van der Waals surface area contributed by atoms with E-state index in [1.54, 1.807) is 11.8 Å². The number of nitrogens with two attached hydrogens (primary N) is 1. The van der Waals surface area contributed by atoms with Crippen LogP contribution in [0, 0.1) is 6.92 Å². The molecule has 2 N–H and O–H groups in total. The average Bonchev–Trinajstić information content (AvgIpc) is 2.46. The molecular formula is C8H13F2N3S. The fourth-order valence-corrected chi connectivity index (χ4v) is 2.00. The first-order valence-corrected chi connectivity index (χ1v) is 4.93. The second kappa shape index (κ2) is 4.18. The minimum atomic E-state index is -2.54. The molecule has 0 amide bonds. The normalized spacial score (nSPS) is 13.4. The molecule has 1 aromatic rings. The van der Waals surface area contributed by atoms with Gasteiger partial charge in [0, 0.05) is 14.1 Å². The smallest absolute Gasteiger partial charge is 0.258 e. The van der Waals surface area contributed by atoms with Crippen LogP contribution in [0.15, 0.2) is 0 Å². The van der Waals surface area contributed by atoms with Gasteiger partial charge in [-0.15, -0.1) is 0 Å². The Balaban J connectivity index is 2.98. The van der Waals surface area contributed by atoms with Crippen LogP contribution < -0.4 is 10.6 Å². The number of rotatable bonds is 3. The standard InChI is InChI=1S/C8H13F2N3S/c1-4-6(5(11)7(9)10)14-8(12-4)13(2)3/h5,7H,11H2,1-3H3. The van der Waals surface area contributed by atoms with E-state index in [2.05, 4.69) is 4.98 Å². The van der Waals surface area contributed by atoms with Gasteiger partial charge in [-0.3, -0.25) is 0 Å². The van der Waals surface area contributed by atoms with E-state index >= 15 is 0 Å². The van der Waals surface area contributed by atoms with Crippen molar-refractivity contribution in [2.45, 2.75) is 19.4 Å². The Labute approximate surface area is 85.5 Å². The summed E-state index contributed by atoms with van der Waals surface area (Å²) >= 11 is 1.21. The first-order chi connectivity index (χ1) is 6.43. The molecule has 0 saturated heterocycles. The van der Waals surface area contributed by atoms with Gasteiger partial charge in [-0.05, 0) is 6.92 Å². The van der Waals surface area contributed by atoms with E-state index in [9.17, 15) is 8.78 Å². The average molecular weight is 221 g/mol. The van der Waals surface area contributed by atoms with Crippen molar-refractivity contribution in [3.8, 4) is 0 Å². The highest BCUT2D eigenvalue weighted by molar-refractivity contribution is 7.15. The van der Waals surface area contributed by atoms with E-state index < -0.39 is 12.5 Å². The van der Waals surface area contributed by atoms with Crippen LogP contribution in [0.25, 0.3) is 0 Å². The van der Waals surface area contributed by atoms with Gasteiger partial charge in [0.1, 0.15) is 6.04 Å². The number of hydrogen-bond acceptors (Lipinski definition) is 4. The molecule has 1 heterocycles. The molecule has 0 aliphatic heterocycles. The molecule has 0 bridgehead atoms. The maximum absolute atomic E-state index is 12.3. The highest BCUT2D eigenvalue weighted by atomic mass is 32.1. The lowest BCUT2D eigenvalue weighted by atomic mass is 10.2. The van der Waals surface area contributed by atoms with Crippen LogP contribution in [0.2, 0.25) is 0 Å². The van der Waals surface area contributed by atoms with Crippen LogP contribution in [-0.2, 0) is 0 Å². The van der Waals surface area contributed by atoms with Crippen LogP contribution in [0.1, 0.15) is 16.6 Å². The van der Waals surface area contributed by atoms with Crippen molar-refractivity contribution in [3.63, 3.8) is 0 Å². The van der Waals surface area contributed by atoms with E-state index in [4.69, 9.17) is 5.73 Å². The molecule has 0 aliphatic rings. The van der Waals surface area contributed by atoms with Gasteiger partial charge < -0.3 is 10.6 Å². The summed E-state index contributed by atoms with van der Waals surface area (Å²) in [7, 11) is 3.63. The zero-order valence-electron chi connectivity index (χ0n) is 8.29. The molecule has 0 aliphatic carbocycles. The Hall–Kier alpha value is -0.750. The van der Waals surface area contributed by atoms with Crippen molar-refractivity contribution in [3.05, 3.63) is 10.6 Å². The van der Waals surface area contributed by atoms with Gasteiger partial charge in [-0.2, -0.15) is 0 Å². The minimum absolute atomic E-state index is 0.462. The topological polar surface area (TPSA) is 42.2 Å². The largest absolute Gasteiger partial charge is 0.354 e. The molecule has 1 rings (SSSR count). The minimum Gasteiger partial charge on any atom is -0.354 e. The molecule has 0 spiro atoms. The molecule has 6 heteroatoms. The van der Waals surface area contributed by atoms with Crippen LogP contribution in [0.4, 0.5) is 13.9 Å². The molecule has 0 saturated carbocycles. The summed E-state index contributed by atoms with van der Waals surface area (Å²) in [6.45, 7) is 1.70. The first-order valence-electron chi connectivity index (χ1n) is 4.12. The van der Waals surface area contributed by atoms with Crippen LogP contribution in [0.5, 0.6) is 0 Å².